The summed E-state index contributed by atoms with van der Waals surface area (Å²) < 4.78 is 27.7. The van der Waals surface area contributed by atoms with Crippen LogP contribution in [0.25, 0.3) is 0 Å². The fraction of sp³-hybridized carbons (Fsp3) is 0.588. The summed E-state index contributed by atoms with van der Waals surface area (Å²) in [7, 11) is -3.68. The number of sulfonamides is 1. The second kappa shape index (κ2) is 7.63. The minimum atomic E-state index is -3.68. The molecule has 1 rings (SSSR count). The van der Waals surface area contributed by atoms with Crippen molar-refractivity contribution in [2.45, 2.75) is 64.4 Å². The summed E-state index contributed by atoms with van der Waals surface area (Å²) in [6.45, 7) is 11.0. The van der Waals surface area contributed by atoms with Gasteiger partial charge >= 0.3 is 0 Å². The number of rotatable bonds is 6. The van der Waals surface area contributed by atoms with Gasteiger partial charge in [-0.05, 0) is 57.7 Å². The first-order chi connectivity index (χ1) is 10.8. The van der Waals surface area contributed by atoms with E-state index in [4.69, 9.17) is 5.73 Å². The Morgan fingerprint density at radius 3 is 2.33 bits per heavy atom. The summed E-state index contributed by atoms with van der Waals surface area (Å²) in [5, 5.41) is 2.69. The van der Waals surface area contributed by atoms with E-state index in [0.717, 1.165) is 0 Å². The second-order valence-electron chi connectivity index (χ2n) is 7.56. The number of aryl methyl sites for hydroxylation is 1. The molecule has 1 atom stereocenters. The molecule has 6 nitrogen and oxygen atoms in total. The summed E-state index contributed by atoms with van der Waals surface area (Å²) >= 11 is 0. The zero-order chi connectivity index (χ0) is 18.7. The smallest absolute Gasteiger partial charge is 0.241 e. The SMILES string of the molecule is Cc1ccc(NC(=O)[C@@H](N)CC(C)C)cc1S(=O)(=O)NC(C)(C)C. The van der Waals surface area contributed by atoms with E-state index in [1.54, 1.807) is 39.8 Å². The Balaban J connectivity index is 3.04. The third-order valence-corrected chi connectivity index (χ3v) is 5.15. The second-order valence-corrected chi connectivity index (χ2v) is 9.21. The monoisotopic (exact) mass is 355 g/mol. The molecule has 0 radical (unpaired) electrons. The van der Waals surface area contributed by atoms with Crippen molar-refractivity contribution in [1.82, 2.24) is 4.72 Å². The Kier molecular flexibility index (Phi) is 6.55. The largest absolute Gasteiger partial charge is 0.325 e. The molecule has 0 heterocycles. The Hall–Kier alpha value is -1.44. The predicted octanol–water partition coefficient (Wildman–Crippen LogP) is 2.38. The highest BCUT2D eigenvalue weighted by molar-refractivity contribution is 7.89. The minimum absolute atomic E-state index is 0.146. The number of anilines is 1. The lowest BCUT2D eigenvalue weighted by Gasteiger charge is -2.21. The van der Waals surface area contributed by atoms with Gasteiger partial charge in [-0.15, -0.1) is 0 Å². The van der Waals surface area contributed by atoms with Crippen molar-refractivity contribution in [3.05, 3.63) is 23.8 Å². The molecule has 1 aromatic rings. The van der Waals surface area contributed by atoms with Gasteiger partial charge in [-0.2, -0.15) is 0 Å². The molecule has 1 amide bonds. The Morgan fingerprint density at radius 1 is 1.25 bits per heavy atom. The standard InChI is InChI=1S/C17H29N3O3S/c1-11(2)9-14(18)16(21)19-13-8-7-12(3)15(10-13)24(22,23)20-17(4,5)6/h7-8,10-11,14,20H,9,18H2,1-6H3,(H,19,21)/t14-/m0/s1. The van der Waals surface area contributed by atoms with Crippen molar-refractivity contribution in [3.8, 4) is 0 Å². The van der Waals surface area contributed by atoms with E-state index in [2.05, 4.69) is 10.0 Å². The Labute approximate surface area is 145 Å². The van der Waals surface area contributed by atoms with Crippen LogP contribution in [0, 0.1) is 12.8 Å². The van der Waals surface area contributed by atoms with Gasteiger partial charge in [0, 0.05) is 11.2 Å². The normalized spacial score (nSPS) is 13.8. The van der Waals surface area contributed by atoms with E-state index >= 15 is 0 Å². The maximum absolute atomic E-state index is 12.5. The van der Waals surface area contributed by atoms with Gasteiger partial charge in [0.05, 0.1) is 10.9 Å². The van der Waals surface area contributed by atoms with Crippen LogP contribution in [-0.2, 0) is 14.8 Å². The van der Waals surface area contributed by atoms with E-state index in [1.165, 1.54) is 6.07 Å². The van der Waals surface area contributed by atoms with Gasteiger partial charge in [0.25, 0.3) is 0 Å². The van der Waals surface area contributed by atoms with E-state index in [9.17, 15) is 13.2 Å². The first kappa shape index (κ1) is 20.6. The number of nitrogens with two attached hydrogens (primary N) is 1. The third-order valence-electron chi connectivity index (χ3n) is 3.25. The maximum Gasteiger partial charge on any atom is 0.241 e. The number of nitrogens with one attached hydrogen (secondary N) is 2. The van der Waals surface area contributed by atoms with Crippen LogP contribution in [-0.4, -0.2) is 25.9 Å². The van der Waals surface area contributed by atoms with Crippen LogP contribution >= 0.6 is 0 Å². The average Bonchev–Trinajstić information content (AvgIpc) is 2.37. The highest BCUT2D eigenvalue weighted by Crippen LogP contribution is 2.22. The van der Waals surface area contributed by atoms with Gasteiger partial charge in [0.15, 0.2) is 0 Å². The number of hydrogen-bond acceptors (Lipinski definition) is 4. The van der Waals surface area contributed by atoms with Crippen molar-refractivity contribution < 1.29 is 13.2 Å². The van der Waals surface area contributed by atoms with Gasteiger partial charge in [-0.1, -0.05) is 19.9 Å². The maximum atomic E-state index is 12.5. The van der Waals surface area contributed by atoms with Crippen LogP contribution in [0.1, 0.15) is 46.6 Å². The van der Waals surface area contributed by atoms with E-state index < -0.39 is 21.6 Å². The Morgan fingerprint density at radius 2 is 1.83 bits per heavy atom. The molecular weight excluding hydrogens is 326 g/mol. The molecule has 0 saturated heterocycles. The molecule has 136 valence electrons. The molecule has 0 spiro atoms. The summed E-state index contributed by atoms with van der Waals surface area (Å²) in [4.78, 5) is 12.3. The van der Waals surface area contributed by atoms with Crippen LogP contribution in [0.4, 0.5) is 5.69 Å². The zero-order valence-corrected chi connectivity index (χ0v) is 16.1. The number of hydrogen-bond donors (Lipinski definition) is 3. The summed E-state index contributed by atoms with van der Waals surface area (Å²) in [5.41, 5.74) is 6.29. The molecule has 0 aliphatic carbocycles. The predicted molar refractivity (Wildman–Crippen MR) is 97.3 cm³/mol. The van der Waals surface area contributed by atoms with Gasteiger partial charge in [0.2, 0.25) is 15.9 Å². The lowest BCUT2D eigenvalue weighted by atomic mass is 10.0. The molecule has 1 aromatic carbocycles. The molecule has 0 unspecified atom stereocenters. The first-order valence-corrected chi connectivity index (χ1v) is 9.51. The lowest BCUT2D eigenvalue weighted by molar-refractivity contribution is -0.117. The van der Waals surface area contributed by atoms with Crippen LogP contribution in [0.2, 0.25) is 0 Å². The fourth-order valence-electron chi connectivity index (χ4n) is 2.28. The molecule has 0 aromatic heterocycles. The lowest BCUT2D eigenvalue weighted by Crippen LogP contribution is -2.40. The molecule has 0 aliphatic heterocycles. The zero-order valence-electron chi connectivity index (χ0n) is 15.3. The molecule has 0 fully saturated rings. The molecule has 4 N–H and O–H groups in total. The fourth-order valence-corrected chi connectivity index (χ4v) is 3.97. The van der Waals surface area contributed by atoms with Gasteiger partial charge in [-0.25, -0.2) is 13.1 Å². The molecule has 0 saturated carbocycles. The van der Waals surface area contributed by atoms with E-state index in [-0.39, 0.29) is 10.8 Å². The van der Waals surface area contributed by atoms with Crippen LogP contribution in [0.5, 0.6) is 0 Å². The van der Waals surface area contributed by atoms with Crippen molar-refractivity contribution in [2.75, 3.05) is 5.32 Å². The quantitative estimate of drug-likeness (QED) is 0.729. The number of benzene rings is 1. The van der Waals surface area contributed by atoms with Crippen molar-refractivity contribution >= 4 is 21.6 Å². The molecule has 24 heavy (non-hydrogen) atoms. The topological polar surface area (TPSA) is 101 Å². The van der Waals surface area contributed by atoms with E-state index in [1.807, 2.05) is 13.8 Å². The summed E-state index contributed by atoms with van der Waals surface area (Å²) in [6, 6.07) is 4.18. The highest BCUT2D eigenvalue weighted by Gasteiger charge is 2.24. The van der Waals surface area contributed by atoms with Crippen LogP contribution < -0.4 is 15.8 Å². The molecule has 0 aliphatic rings. The number of amides is 1. The van der Waals surface area contributed by atoms with Gasteiger partial charge in [0.1, 0.15) is 0 Å². The highest BCUT2D eigenvalue weighted by atomic mass is 32.2. The average molecular weight is 356 g/mol. The first-order valence-electron chi connectivity index (χ1n) is 8.03. The van der Waals surface area contributed by atoms with Crippen LogP contribution in [0.3, 0.4) is 0 Å². The number of carbonyl (C=O) groups excluding carboxylic acids is 1. The minimum Gasteiger partial charge on any atom is -0.325 e. The van der Waals surface area contributed by atoms with Crippen molar-refractivity contribution in [3.63, 3.8) is 0 Å². The molecule has 7 heteroatoms. The molecular formula is C17H29N3O3S. The van der Waals surface area contributed by atoms with Crippen molar-refractivity contribution in [2.24, 2.45) is 11.7 Å². The van der Waals surface area contributed by atoms with Gasteiger partial charge < -0.3 is 11.1 Å². The van der Waals surface area contributed by atoms with Gasteiger partial charge in [-0.3, -0.25) is 4.79 Å². The third kappa shape index (κ3) is 6.22. The van der Waals surface area contributed by atoms with E-state index in [0.29, 0.717) is 23.6 Å². The number of carbonyl (C=O) groups is 1. The molecule has 0 bridgehead atoms. The van der Waals surface area contributed by atoms with Crippen LogP contribution in [0.15, 0.2) is 23.1 Å². The van der Waals surface area contributed by atoms with Crippen molar-refractivity contribution in [1.29, 1.82) is 0 Å². The Bertz CT molecular complexity index is 692. The summed E-state index contributed by atoms with van der Waals surface area (Å²) in [5.74, 6) is -0.0182. The summed E-state index contributed by atoms with van der Waals surface area (Å²) in [6.07, 6.45) is 0.564.